The van der Waals surface area contributed by atoms with Crippen LogP contribution in [0, 0.1) is 5.92 Å². The van der Waals surface area contributed by atoms with Gasteiger partial charge in [-0.3, -0.25) is 0 Å². The first-order chi connectivity index (χ1) is 6.85. The zero-order valence-corrected chi connectivity index (χ0v) is 10.7. The van der Waals surface area contributed by atoms with E-state index in [9.17, 15) is 4.79 Å². The summed E-state index contributed by atoms with van der Waals surface area (Å²) in [7, 11) is 0. The van der Waals surface area contributed by atoms with Crippen molar-refractivity contribution in [2.24, 2.45) is 5.92 Å². The van der Waals surface area contributed by atoms with Crippen molar-refractivity contribution in [1.82, 2.24) is 0 Å². The summed E-state index contributed by atoms with van der Waals surface area (Å²) in [6, 6.07) is 0. The molecule has 0 saturated heterocycles. The number of carbonyl (C=O) groups excluding carboxylic acids is 1. The van der Waals surface area contributed by atoms with Gasteiger partial charge in [-0.2, -0.15) is 0 Å². The summed E-state index contributed by atoms with van der Waals surface area (Å²) in [6.07, 6.45) is 3.24. The molecule has 0 saturated carbocycles. The second-order valence-corrected chi connectivity index (χ2v) is 4.67. The van der Waals surface area contributed by atoms with E-state index in [2.05, 4.69) is 20.4 Å². The zero-order chi connectivity index (χ0) is 12.1. The molecule has 0 heterocycles. The van der Waals surface area contributed by atoms with Crippen molar-refractivity contribution in [2.75, 3.05) is 0 Å². The lowest BCUT2D eigenvalue weighted by atomic mass is 9.85. The van der Waals surface area contributed by atoms with Crippen LogP contribution in [-0.2, 0) is 9.53 Å². The Balaban J connectivity index is 4.49. The van der Waals surface area contributed by atoms with Gasteiger partial charge in [0.25, 0.3) is 0 Å². The van der Waals surface area contributed by atoms with Gasteiger partial charge >= 0.3 is 5.97 Å². The van der Waals surface area contributed by atoms with Gasteiger partial charge in [-0.25, -0.2) is 4.79 Å². The molecule has 0 N–H and O–H groups in total. The van der Waals surface area contributed by atoms with Crippen LogP contribution in [0.25, 0.3) is 0 Å². The van der Waals surface area contributed by atoms with E-state index in [1.54, 1.807) is 6.92 Å². The molecule has 0 bridgehead atoms. The fraction of sp³-hybridized carbons (Fsp3) is 0.769. The Morgan fingerprint density at radius 1 is 1.40 bits per heavy atom. The van der Waals surface area contributed by atoms with Crippen molar-refractivity contribution in [2.45, 2.75) is 59.5 Å². The van der Waals surface area contributed by atoms with Crippen LogP contribution in [0.1, 0.15) is 53.9 Å². The van der Waals surface area contributed by atoms with Crippen LogP contribution in [0.3, 0.4) is 0 Å². The number of ether oxygens (including phenoxy) is 1. The van der Waals surface area contributed by atoms with E-state index < -0.39 is 0 Å². The SMILES string of the molecule is C=C(C)C(=O)OC(C)(C)C(CC)CCC. The van der Waals surface area contributed by atoms with Crippen molar-refractivity contribution in [3.05, 3.63) is 12.2 Å². The molecule has 1 atom stereocenters. The first-order valence-electron chi connectivity index (χ1n) is 5.74. The Kier molecular flexibility index (Phi) is 5.63. The Labute approximate surface area is 93.7 Å². The minimum absolute atomic E-state index is 0.283. The van der Waals surface area contributed by atoms with Gasteiger partial charge in [0.2, 0.25) is 0 Å². The molecule has 0 spiro atoms. The first kappa shape index (κ1) is 14.2. The minimum atomic E-state index is -0.388. The molecular weight excluding hydrogens is 188 g/mol. The second-order valence-electron chi connectivity index (χ2n) is 4.67. The van der Waals surface area contributed by atoms with E-state index in [1.165, 1.54) is 0 Å². The van der Waals surface area contributed by atoms with Gasteiger partial charge in [0.1, 0.15) is 5.60 Å². The van der Waals surface area contributed by atoms with E-state index in [0.29, 0.717) is 11.5 Å². The van der Waals surface area contributed by atoms with Crippen molar-refractivity contribution in [3.8, 4) is 0 Å². The molecule has 0 aliphatic rings. The Bertz CT molecular complexity index is 229. The van der Waals surface area contributed by atoms with Crippen LogP contribution in [0.2, 0.25) is 0 Å². The number of hydrogen-bond acceptors (Lipinski definition) is 2. The average molecular weight is 212 g/mol. The summed E-state index contributed by atoms with van der Waals surface area (Å²) in [5, 5.41) is 0. The Morgan fingerprint density at radius 3 is 2.27 bits per heavy atom. The number of hydrogen-bond donors (Lipinski definition) is 0. The molecule has 0 rings (SSSR count). The predicted molar refractivity (Wildman–Crippen MR) is 63.7 cm³/mol. The highest BCUT2D eigenvalue weighted by molar-refractivity contribution is 5.87. The van der Waals surface area contributed by atoms with Gasteiger partial charge in [-0.15, -0.1) is 0 Å². The van der Waals surface area contributed by atoms with Crippen molar-refractivity contribution in [1.29, 1.82) is 0 Å². The van der Waals surface area contributed by atoms with E-state index >= 15 is 0 Å². The van der Waals surface area contributed by atoms with Gasteiger partial charge in [-0.1, -0.05) is 26.8 Å². The van der Waals surface area contributed by atoms with E-state index in [4.69, 9.17) is 4.74 Å². The topological polar surface area (TPSA) is 26.3 Å². The first-order valence-corrected chi connectivity index (χ1v) is 5.74. The fourth-order valence-electron chi connectivity index (χ4n) is 1.80. The number of carbonyl (C=O) groups is 1. The summed E-state index contributed by atoms with van der Waals surface area (Å²) < 4.78 is 5.47. The van der Waals surface area contributed by atoms with Crippen molar-refractivity contribution < 1.29 is 9.53 Å². The van der Waals surface area contributed by atoms with E-state index in [-0.39, 0.29) is 11.6 Å². The Morgan fingerprint density at radius 2 is 1.93 bits per heavy atom. The third-order valence-corrected chi connectivity index (χ3v) is 2.82. The third kappa shape index (κ3) is 4.50. The molecule has 15 heavy (non-hydrogen) atoms. The largest absolute Gasteiger partial charge is 0.456 e. The highest BCUT2D eigenvalue weighted by Gasteiger charge is 2.31. The number of esters is 1. The van der Waals surface area contributed by atoms with Gasteiger partial charge < -0.3 is 4.74 Å². The molecule has 0 radical (unpaired) electrons. The average Bonchev–Trinajstić information content (AvgIpc) is 2.12. The van der Waals surface area contributed by atoms with Crippen molar-refractivity contribution >= 4 is 5.97 Å². The highest BCUT2D eigenvalue weighted by atomic mass is 16.6. The lowest BCUT2D eigenvalue weighted by Gasteiger charge is -2.33. The highest BCUT2D eigenvalue weighted by Crippen LogP contribution is 2.29. The quantitative estimate of drug-likeness (QED) is 0.495. The molecule has 0 aromatic heterocycles. The molecule has 0 fully saturated rings. The summed E-state index contributed by atoms with van der Waals surface area (Å²) in [6.45, 7) is 13.5. The van der Waals surface area contributed by atoms with Crippen molar-refractivity contribution in [3.63, 3.8) is 0 Å². The van der Waals surface area contributed by atoms with E-state index in [1.807, 2.05) is 13.8 Å². The summed E-state index contributed by atoms with van der Waals surface area (Å²) in [4.78, 5) is 11.5. The molecule has 1 unspecified atom stereocenters. The summed E-state index contributed by atoms with van der Waals surface area (Å²) >= 11 is 0. The summed E-state index contributed by atoms with van der Waals surface area (Å²) in [5.41, 5.74) is 0.0790. The second kappa shape index (κ2) is 5.94. The molecule has 0 aromatic carbocycles. The van der Waals surface area contributed by atoms with Gasteiger partial charge in [0.15, 0.2) is 0 Å². The molecule has 2 nitrogen and oxygen atoms in total. The van der Waals surface area contributed by atoms with Crippen LogP contribution >= 0.6 is 0 Å². The summed E-state index contributed by atoms with van der Waals surface area (Å²) in [5.74, 6) is 0.139. The molecule has 0 aromatic rings. The predicted octanol–water partition coefficient (Wildman–Crippen LogP) is 3.71. The van der Waals surface area contributed by atoms with E-state index in [0.717, 1.165) is 19.3 Å². The molecule has 0 amide bonds. The third-order valence-electron chi connectivity index (χ3n) is 2.82. The maximum Gasteiger partial charge on any atom is 0.333 e. The zero-order valence-electron chi connectivity index (χ0n) is 10.7. The minimum Gasteiger partial charge on any atom is -0.456 e. The van der Waals surface area contributed by atoms with Gasteiger partial charge in [0.05, 0.1) is 0 Å². The van der Waals surface area contributed by atoms with Crippen LogP contribution in [0.5, 0.6) is 0 Å². The van der Waals surface area contributed by atoms with Crippen LogP contribution in [-0.4, -0.2) is 11.6 Å². The lowest BCUT2D eigenvalue weighted by molar-refractivity contribution is -0.157. The standard InChI is InChI=1S/C13H24O2/c1-7-9-11(8-2)13(5,6)15-12(14)10(3)4/h11H,3,7-9H2,1-2,4-6H3. The van der Waals surface area contributed by atoms with Crippen LogP contribution in [0.4, 0.5) is 0 Å². The maximum absolute atomic E-state index is 11.5. The molecule has 88 valence electrons. The smallest absolute Gasteiger partial charge is 0.333 e. The Hall–Kier alpha value is -0.790. The molecule has 0 aliphatic heterocycles. The number of rotatable bonds is 6. The molecular formula is C13H24O2. The van der Waals surface area contributed by atoms with Crippen LogP contribution in [0.15, 0.2) is 12.2 Å². The lowest BCUT2D eigenvalue weighted by Crippen LogP contribution is -2.36. The maximum atomic E-state index is 11.5. The monoisotopic (exact) mass is 212 g/mol. The molecule has 2 heteroatoms. The van der Waals surface area contributed by atoms with Gasteiger partial charge in [-0.05, 0) is 39.5 Å². The molecule has 0 aliphatic carbocycles. The van der Waals surface area contributed by atoms with Crippen LogP contribution < -0.4 is 0 Å². The fourth-order valence-corrected chi connectivity index (χ4v) is 1.80. The van der Waals surface area contributed by atoms with Gasteiger partial charge in [0, 0.05) is 5.57 Å². The normalized spacial score (nSPS) is 13.4.